The number of sulfonamides is 1. The molecule has 64 heavy (non-hydrogen) atoms. The predicted octanol–water partition coefficient (Wildman–Crippen LogP) is 8.00. The van der Waals surface area contributed by atoms with Gasteiger partial charge in [0.05, 0.1) is 35.2 Å². The zero-order valence-electron chi connectivity index (χ0n) is 37.3. The fraction of sp³-hybridized carbons (Fsp3) is 0.500. The van der Waals surface area contributed by atoms with Gasteiger partial charge in [0.15, 0.2) is 0 Å². The average Bonchev–Trinajstić information content (AvgIpc) is 4.04. The molecule has 6 atom stereocenters. The van der Waals surface area contributed by atoms with Gasteiger partial charge in [-0.1, -0.05) is 53.7 Å². The first-order valence-electron chi connectivity index (χ1n) is 21.2. The summed E-state index contributed by atoms with van der Waals surface area (Å²) >= 11 is 1.43. The molecule has 344 valence electrons. The number of likely N-dealkylation sites (tertiary alicyclic amines) is 1. The summed E-state index contributed by atoms with van der Waals surface area (Å²) in [4.78, 5) is 55.0. The number of nitrogens with zero attached hydrogens (tertiary/aromatic N) is 3. The highest BCUT2D eigenvalue weighted by atomic mass is 32.2. The number of pyridine rings is 1. The molecule has 2 aromatic heterocycles. The summed E-state index contributed by atoms with van der Waals surface area (Å²) in [5, 5.41) is 9.13. The zero-order valence-corrected chi connectivity index (χ0v) is 39.0. The highest BCUT2D eigenvalue weighted by molar-refractivity contribution is 7.91. The summed E-state index contributed by atoms with van der Waals surface area (Å²) in [6.45, 7) is 18.2. The first kappa shape index (κ1) is 46.8. The molecular weight excluding hydrogens is 870 g/mol. The van der Waals surface area contributed by atoms with E-state index in [0.717, 1.165) is 23.4 Å². The highest BCUT2D eigenvalue weighted by Crippen LogP contribution is 2.48. The lowest BCUT2D eigenvalue weighted by Gasteiger charge is -2.36. The molecular formula is C46H55F3N6O7S2. The van der Waals surface area contributed by atoms with Crippen LogP contribution in [0.25, 0.3) is 21.6 Å². The van der Waals surface area contributed by atoms with Crippen molar-refractivity contribution in [3.63, 3.8) is 0 Å². The van der Waals surface area contributed by atoms with Gasteiger partial charge in [-0.2, -0.15) is 13.2 Å². The summed E-state index contributed by atoms with van der Waals surface area (Å²) in [6.07, 6.45) is -3.19. The van der Waals surface area contributed by atoms with E-state index in [4.69, 9.17) is 19.4 Å². The maximum atomic E-state index is 15.1. The molecule has 3 amide bonds. The fourth-order valence-corrected chi connectivity index (χ4v) is 10.5. The van der Waals surface area contributed by atoms with Crippen LogP contribution >= 0.6 is 11.3 Å². The van der Waals surface area contributed by atoms with E-state index in [0.29, 0.717) is 45.9 Å². The smallest absolute Gasteiger partial charge is 0.416 e. The van der Waals surface area contributed by atoms with Crippen molar-refractivity contribution in [2.45, 2.75) is 115 Å². The number of ether oxygens (including phenoxy) is 2. The number of methoxy groups -OCH3 is 1. The van der Waals surface area contributed by atoms with Gasteiger partial charge < -0.3 is 25.0 Å². The second-order valence-electron chi connectivity index (χ2n) is 18.9. The van der Waals surface area contributed by atoms with Crippen LogP contribution in [0.5, 0.6) is 11.5 Å². The number of hydrogen-bond donors (Lipinski definition) is 3. The number of fused-ring (bicyclic) bond motifs is 1. The Labute approximate surface area is 375 Å². The van der Waals surface area contributed by atoms with Gasteiger partial charge in [0.1, 0.15) is 45.9 Å². The Bertz CT molecular complexity index is 2620. The van der Waals surface area contributed by atoms with E-state index < -0.39 is 85.2 Å². The van der Waals surface area contributed by atoms with Crippen LogP contribution in [0.2, 0.25) is 0 Å². The van der Waals surface area contributed by atoms with E-state index in [-0.39, 0.29) is 24.6 Å². The molecule has 0 bridgehead atoms. The maximum Gasteiger partial charge on any atom is 0.416 e. The van der Waals surface area contributed by atoms with Crippen molar-refractivity contribution in [2.75, 3.05) is 19.0 Å². The number of thiazole rings is 1. The molecule has 3 heterocycles. The van der Waals surface area contributed by atoms with Crippen molar-refractivity contribution < 1.29 is 45.4 Å². The van der Waals surface area contributed by atoms with Gasteiger partial charge in [-0.15, -0.1) is 17.9 Å². The molecule has 3 fully saturated rings. The van der Waals surface area contributed by atoms with Crippen LogP contribution < -0.4 is 24.8 Å². The first-order valence-corrected chi connectivity index (χ1v) is 23.6. The van der Waals surface area contributed by atoms with E-state index in [9.17, 15) is 31.2 Å². The first-order chi connectivity index (χ1) is 29.8. The Morgan fingerprint density at radius 2 is 1.77 bits per heavy atom. The number of benzene rings is 2. The molecule has 0 spiro atoms. The lowest BCUT2D eigenvalue weighted by Crippen LogP contribution is -2.59. The molecule has 7 rings (SSSR count). The molecule has 1 aliphatic heterocycles. The molecule has 2 saturated carbocycles. The molecule has 6 unspecified atom stereocenters. The van der Waals surface area contributed by atoms with Crippen LogP contribution in [0.1, 0.15) is 90.5 Å². The van der Waals surface area contributed by atoms with E-state index in [1.54, 1.807) is 53.9 Å². The van der Waals surface area contributed by atoms with Gasteiger partial charge in [-0.3, -0.25) is 19.1 Å². The number of anilines is 1. The molecule has 0 radical (unpaired) electrons. The SMILES string of the molecule is C=CC1CC1(NC(=O)C1C(C)C(Oc2cc(-c3nc(C(C)C)cs3)nc3c(C)c(OC)ccc23)CN1C(=O)C(Nc1cccc(C(F)(F)F)c1)C(C)(C)C)C(=O)NS(=O)(=O)C1(C)CC1. The number of hydrogen-bond acceptors (Lipinski definition) is 11. The Morgan fingerprint density at radius 3 is 2.34 bits per heavy atom. The minimum absolute atomic E-state index is 0.0431. The summed E-state index contributed by atoms with van der Waals surface area (Å²) in [7, 11) is -2.52. The molecule has 1 saturated heterocycles. The van der Waals surface area contributed by atoms with Gasteiger partial charge in [-0.25, -0.2) is 18.4 Å². The molecule has 2 aromatic carbocycles. The van der Waals surface area contributed by atoms with Crippen LogP contribution in [0.3, 0.4) is 0 Å². The fourth-order valence-electron chi connectivity index (χ4n) is 8.23. The Hall–Kier alpha value is -5.23. The number of aromatic nitrogens is 2. The van der Waals surface area contributed by atoms with Gasteiger partial charge in [0.25, 0.3) is 5.91 Å². The number of amides is 3. The minimum atomic E-state index is -4.64. The number of aryl methyl sites for hydroxylation is 1. The van der Waals surface area contributed by atoms with Crippen LogP contribution in [-0.2, 0) is 30.6 Å². The lowest BCUT2D eigenvalue weighted by atomic mass is 9.85. The third-order valence-corrected chi connectivity index (χ3v) is 15.9. The van der Waals surface area contributed by atoms with Crippen LogP contribution in [0, 0.1) is 24.2 Å². The number of rotatable bonds is 14. The van der Waals surface area contributed by atoms with Crippen molar-refractivity contribution in [2.24, 2.45) is 17.3 Å². The molecule has 13 nitrogen and oxygen atoms in total. The summed E-state index contributed by atoms with van der Waals surface area (Å²) in [6, 6.07) is 7.46. The number of halogens is 3. The normalized spacial score (nSPS) is 23.4. The number of carbonyl (C=O) groups is 3. The lowest BCUT2D eigenvalue weighted by molar-refractivity contribution is -0.142. The Morgan fingerprint density at radius 1 is 1.06 bits per heavy atom. The number of carbonyl (C=O) groups excluding carboxylic acids is 3. The van der Waals surface area contributed by atoms with Crippen molar-refractivity contribution in [3.8, 4) is 22.2 Å². The van der Waals surface area contributed by atoms with Gasteiger partial charge in [0, 0.05) is 39.9 Å². The van der Waals surface area contributed by atoms with Gasteiger partial charge in [-0.05, 0) is 74.8 Å². The van der Waals surface area contributed by atoms with Crippen molar-refractivity contribution >= 4 is 55.7 Å². The summed E-state index contributed by atoms with van der Waals surface area (Å²) in [5.41, 5.74) is -0.678. The maximum absolute atomic E-state index is 15.1. The summed E-state index contributed by atoms with van der Waals surface area (Å²) < 4.78 is 81.5. The second kappa shape index (κ2) is 16.6. The highest BCUT2D eigenvalue weighted by Gasteiger charge is 2.63. The van der Waals surface area contributed by atoms with E-state index in [1.807, 2.05) is 32.2 Å². The van der Waals surface area contributed by atoms with Crippen molar-refractivity contribution in [1.82, 2.24) is 24.9 Å². The van der Waals surface area contributed by atoms with Crippen LogP contribution in [0.4, 0.5) is 18.9 Å². The molecule has 3 aliphatic rings. The summed E-state index contributed by atoms with van der Waals surface area (Å²) in [5.74, 6) is -2.45. The third kappa shape index (κ3) is 8.79. The van der Waals surface area contributed by atoms with Gasteiger partial charge in [0.2, 0.25) is 21.8 Å². The minimum Gasteiger partial charge on any atom is -0.496 e. The molecule has 4 aromatic rings. The predicted molar refractivity (Wildman–Crippen MR) is 239 cm³/mol. The van der Waals surface area contributed by atoms with Crippen LogP contribution in [-0.4, -0.2) is 83.1 Å². The largest absolute Gasteiger partial charge is 0.496 e. The molecule has 3 N–H and O–H groups in total. The van der Waals surface area contributed by atoms with Gasteiger partial charge >= 0.3 is 6.18 Å². The molecule has 18 heteroatoms. The van der Waals surface area contributed by atoms with Crippen molar-refractivity contribution in [3.05, 3.63) is 77.3 Å². The molecule has 2 aliphatic carbocycles. The number of alkyl halides is 3. The standard InChI is InChI=1S/C46H55F3N6O7S2/c1-11-27-21-45(27,42(58)54-64(59,60)44(9)17-18-44)53-39(56)37-26(5)35(22-55(37)41(57)38(43(6,7)8)50-29-14-12-13-28(19-29)46(47,48)49)62-34-20-31(40-52-32(23-63-40)24(2)3)51-36-25(4)33(61-10)16-15-30(34)36/h11-16,19-20,23-24,26-27,35,37-38,50H,1,17-18,21-22H2,2-10H3,(H,53,56)(H,54,58). The van der Waals surface area contributed by atoms with E-state index in [2.05, 4.69) is 21.9 Å². The zero-order chi connectivity index (χ0) is 46.9. The topological polar surface area (TPSA) is 169 Å². The Kier molecular flexibility index (Phi) is 12.2. The quantitative estimate of drug-likeness (QED) is 0.105. The van der Waals surface area contributed by atoms with Crippen molar-refractivity contribution in [1.29, 1.82) is 0 Å². The van der Waals surface area contributed by atoms with E-state index >= 15 is 4.79 Å². The number of nitrogens with one attached hydrogen (secondary N) is 3. The Balaban J connectivity index is 1.28. The third-order valence-electron chi connectivity index (χ3n) is 12.8. The van der Waals surface area contributed by atoms with E-state index in [1.165, 1.54) is 34.4 Å². The monoisotopic (exact) mass is 924 g/mol. The average molecular weight is 925 g/mol. The second-order valence-corrected chi connectivity index (χ2v) is 21.9. The van der Waals surface area contributed by atoms with Crippen LogP contribution in [0.15, 0.2) is 60.5 Å².